The summed E-state index contributed by atoms with van der Waals surface area (Å²) in [4.78, 5) is 2.55. The van der Waals surface area contributed by atoms with Gasteiger partial charge in [0.1, 0.15) is 0 Å². The van der Waals surface area contributed by atoms with E-state index in [0.717, 1.165) is 23.1 Å². The summed E-state index contributed by atoms with van der Waals surface area (Å²) >= 11 is 8.75. The van der Waals surface area contributed by atoms with E-state index in [1.54, 1.807) is 0 Å². The molecule has 20 heavy (non-hydrogen) atoms. The van der Waals surface area contributed by atoms with E-state index in [1.807, 2.05) is 24.3 Å². The molecule has 1 heterocycles. The molecule has 1 saturated heterocycles. The van der Waals surface area contributed by atoms with Gasteiger partial charge >= 0.3 is 0 Å². The lowest BCUT2D eigenvalue weighted by Crippen LogP contribution is -2.34. The maximum atomic E-state index is 5.30. The fourth-order valence-electron chi connectivity index (χ4n) is 2.43. The van der Waals surface area contributed by atoms with Crippen LogP contribution in [0.2, 0.25) is 0 Å². The molecule has 0 unspecified atom stereocenters. The number of hydrogen-bond donors (Lipinski definition) is 2. The van der Waals surface area contributed by atoms with Crippen molar-refractivity contribution in [1.29, 1.82) is 0 Å². The Morgan fingerprint density at radius 3 is 2.80 bits per heavy atom. The number of rotatable bonds is 5. The molecule has 3 nitrogen and oxygen atoms in total. The molecule has 1 fully saturated rings. The van der Waals surface area contributed by atoms with Gasteiger partial charge < -0.3 is 15.5 Å². The second-order valence-electron chi connectivity index (χ2n) is 5.15. The Morgan fingerprint density at radius 1 is 1.25 bits per heavy atom. The molecular formula is C15H22BrN3S. The summed E-state index contributed by atoms with van der Waals surface area (Å²) in [5.41, 5.74) is 1.01. The second-order valence-corrected chi connectivity index (χ2v) is 6.47. The fourth-order valence-corrected chi connectivity index (χ4v) is 3.05. The molecule has 0 amide bonds. The summed E-state index contributed by atoms with van der Waals surface area (Å²) in [5.74, 6) is 0. The Kier molecular flexibility index (Phi) is 6.76. The van der Waals surface area contributed by atoms with Crippen LogP contribution in [0.25, 0.3) is 0 Å². The number of hydrogen-bond acceptors (Lipinski definition) is 2. The van der Waals surface area contributed by atoms with Gasteiger partial charge in [-0.2, -0.15) is 0 Å². The number of anilines is 1. The molecule has 0 aromatic heterocycles. The summed E-state index contributed by atoms with van der Waals surface area (Å²) in [6, 6.07) is 8.01. The first kappa shape index (κ1) is 15.7. The molecule has 5 heteroatoms. The van der Waals surface area contributed by atoms with E-state index >= 15 is 0 Å². The van der Waals surface area contributed by atoms with E-state index in [9.17, 15) is 0 Å². The normalized spacial score (nSPS) is 15.8. The Hall–Kier alpha value is -0.650. The SMILES string of the molecule is S=C(NCCCN1CCCCC1)Nc1cccc(Br)c1. The third-order valence-corrected chi connectivity index (χ3v) is 4.21. The van der Waals surface area contributed by atoms with Gasteiger partial charge in [0.2, 0.25) is 0 Å². The zero-order chi connectivity index (χ0) is 14.2. The van der Waals surface area contributed by atoms with E-state index in [2.05, 4.69) is 31.5 Å². The Morgan fingerprint density at radius 2 is 2.05 bits per heavy atom. The molecule has 2 N–H and O–H groups in total. The number of piperidine rings is 1. The van der Waals surface area contributed by atoms with E-state index in [4.69, 9.17) is 12.2 Å². The van der Waals surface area contributed by atoms with Crippen molar-refractivity contribution < 1.29 is 0 Å². The lowest BCUT2D eigenvalue weighted by molar-refractivity contribution is 0.227. The number of thiocarbonyl (C=S) groups is 1. The average Bonchev–Trinajstić information content (AvgIpc) is 2.45. The third kappa shape index (κ3) is 5.77. The first-order valence-corrected chi connectivity index (χ1v) is 8.47. The van der Waals surface area contributed by atoms with E-state index in [0.29, 0.717) is 5.11 Å². The standard InChI is InChI=1S/C15H22BrN3S/c16-13-6-4-7-14(12-13)18-15(20)17-8-5-11-19-9-2-1-3-10-19/h4,6-7,12H,1-3,5,8-11H2,(H2,17,18,20). The monoisotopic (exact) mass is 355 g/mol. The van der Waals surface area contributed by atoms with Crippen LogP contribution >= 0.6 is 28.1 Å². The van der Waals surface area contributed by atoms with Crippen LogP contribution in [0, 0.1) is 0 Å². The minimum atomic E-state index is 0.696. The Labute approximate surface area is 135 Å². The number of benzene rings is 1. The molecule has 2 rings (SSSR count). The molecule has 0 bridgehead atoms. The van der Waals surface area contributed by atoms with Crippen LogP contribution in [0.4, 0.5) is 5.69 Å². The van der Waals surface area contributed by atoms with Crippen LogP contribution in [0.3, 0.4) is 0 Å². The van der Waals surface area contributed by atoms with Gasteiger partial charge in [-0.05, 0) is 69.3 Å². The number of halogens is 1. The molecule has 0 aliphatic carbocycles. The summed E-state index contributed by atoms with van der Waals surface area (Å²) < 4.78 is 1.05. The van der Waals surface area contributed by atoms with Gasteiger partial charge in [-0.1, -0.05) is 28.4 Å². The molecule has 1 aromatic carbocycles. The van der Waals surface area contributed by atoms with Crippen LogP contribution < -0.4 is 10.6 Å². The highest BCUT2D eigenvalue weighted by atomic mass is 79.9. The molecule has 1 aromatic rings. The van der Waals surface area contributed by atoms with E-state index in [-0.39, 0.29) is 0 Å². The van der Waals surface area contributed by atoms with Crippen molar-refractivity contribution in [3.8, 4) is 0 Å². The van der Waals surface area contributed by atoms with Gasteiger partial charge in [-0.15, -0.1) is 0 Å². The zero-order valence-corrected chi connectivity index (χ0v) is 14.1. The van der Waals surface area contributed by atoms with E-state index in [1.165, 1.54) is 38.9 Å². The molecule has 1 aliphatic rings. The van der Waals surface area contributed by atoms with Crippen molar-refractivity contribution in [2.75, 3.05) is 31.5 Å². The fraction of sp³-hybridized carbons (Fsp3) is 0.533. The summed E-state index contributed by atoms with van der Waals surface area (Å²) in [6.45, 7) is 4.63. The smallest absolute Gasteiger partial charge is 0.170 e. The number of likely N-dealkylation sites (tertiary alicyclic amines) is 1. The number of nitrogens with zero attached hydrogens (tertiary/aromatic N) is 1. The largest absolute Gasteiger partial charge is 0.362 e. The minimum absolute atomic E-state index is 0.696. The van der Waals surface area contributed by atoms with Crippen LogP contribution in [0.5, 0.6) is 0 Å². The molecular weight excluding hydrogens is 334 g/mol. The highest BCUT2D eigenvalue weighted by Crippen LogP contribution is 2.15. The van der Waals surface area contributed by atoms with Crippen molar-refractivity contribution in [3.63, 3.8) is 0 Å². The topological polar surface area (TPSA) is 27.3 Å². The predicted molar refractivity (Wildman–Crippen MR) is 93.3 cm³/mol. The molecule has 0 saturated carbocycles. The maximum Gasteiger partial charge on any atom is 0.170 e. The van der Waals surface area contributed by atoms with Crippen LogP contribution in [0.1, 0.15) is 25.7 Å². The molecule has 1 aliphatic heterocycles. The van der Waals surface area contributed by atoms with Gasteiger partial charge in [0, 0.05) is 16.7 Å². The highest BCUT2D eigenvalue weighted by molar-refractivity contribution is 9.10. The quantitative estimate of drug-likeness (QED) is 0.623. The Bertz CT molecular complexity index is 433. The first-order chi connectivity index (χ1) is 9.74. The third-order valence-electron chi connectivity index (χ3n) is 3.47. The molecule has 0 atom stereocenters. The van der Waals surface area contributed by atoms with Gasteiger partial charge in [-0.3, -0.25) is 0 Å². The Balaban J connectivity index is 1.60. The maximum absolute atomic E-state index is 5.30. The van der Waals surface area contributed by atoms with Crippen molar-refractivity contribution in [2.24, 2.45) is 0 Å². The summed E-state index contributed by atoms with van der Waals surface area (Å²) in [7, 11) is 0. The van der Waals surface area contributed by atoms with Crippen LogP contribution in [-0.4, -0.2) is 36.2 Å². The van der Waals surface area contributed by atoms with Crippen molar-refractivity contribution in [3.05, 3.63) is 28.7 Å². The first-order valence-electron chi connectivity index (χ1n) is 7.27. The minimum Gasteiger partial charge on any atom is -0.362 e. The average molecular weight is 356 g/mol. The van der Waals surface area contributed by atoms with Crippen LogP contribution in [0.15, 0.2) is 28.7 Å². The lowest BCUT2D eigenvalue weighted by Gasteiger charge is -2.26. The van der Waals surface area contributed by atoms with E-state index < -0.39 is 0 Å². The number of nitrogens with one attached hydrogen (secondary N) is 2. The van der Waals surface area contributed by atoms with Gasteiger partial charge in [-0.25, -0.2) is 0 Å². The summed E-state index contributed by atoms with van der Waals surface area (Å²) in [6.07, 6.45) is 5.25. The zero-order valence-electron chi connectivity index (χ0n) is 11.7. The molecule has 0 spiro atoms. The second kappa shape index (κ2) is 8.60. The van der Waals surface area contributed by atoms with Gasteiger partial charge in [0.15, 0.2) is 5.11 Å². The van der Waals surface area contributed by atoms with Gasteiger partial charge in [0.25, 0.3) is 0 Å². The highest BCUT2D eigenvalue weighted by Gasteiger charge is 2.08. The molecule has 0 radical (unpaired) electrons. The van der Waals surface area contributed by atoms with Crippen molar-refractivity contribution in [2.45, 2.75) is 25.7 Å². The lowest BCUT2D eigenvalue weighted by atomic mass is 10.1. The predicted octanol–water partition coefficient (Wildman–Crippen LogP) is 3.61. The summed E-state index contributed by atoms with van der Waals surface area (Å²) in [5, 5.41) is 7.16. The van der Waals surface area contributed by atoms with Crippen LogP contribution in [-0.2, 0) is 0 Å². The molecule has 110 valence electrons. The van der Waals surface area contributed by atoms with Gasteiger partial charge in [0.05, 0.1) is 0 Å². The van der Waals surface area contributed by atoms with Crippen molar-refractivity contribution in [1.82, 2.24) is 10.2 Å². The van der Waals surface area contributed by atoms with Crippen molar-refractivity contribution >= 4 is 38.9 Å².